The Kier molecular flexibility index (Phi) is 9.12. The van der Waals surface area contributed by atoms with Crippen molar-refractivity contribution >= 4 is 33.0 Å². The Morgan fingerprint density at radius 2 is 2.07 bits per heavy atom. The molecule has 2 fully saturated rings. The fourth-order valence-corrected chi connectivity index (χ4v) is 6.84. The average molecular weight is 602 g/mol. The molecule has 0 radical (unpaired) electrons. The highest BCUT2D eigenvalue weighted by atomic mass is 32.2. The number of sulfonamides is 1. The number of aromatic nitrogens is 4. The number of nitrogens with one attached hydrogen (secondary N) is 2. The summed E-state index contributed by atoms with van der Waals surface area (Å²) in [4.78, 5) is 34.0. The Morgan fingerprint density at radius 3 is 2.83 bits per heavy atom. The van der Waals surface area contributed by atoms with Crippen LogP contribution in [-0.4, -0.2) is 82.9 Å². The number of carbonyl (C=O) groups is 1. The zero-order chi connectivity index (χ0) is 29.0. The number of rotatable bonds is 12. The molecule has 0 bridgehead atoms. The number of carbonyl (C=O) groups excluding carboxylic acids is 1. The Labute approximate surface area is 244 Å². The number of pyridine rings is 1. The monoisotopic (exact) mass is 601 g/mol. The van der Waals surface area contributed by atoms with E-state index in [2.05, 4.69) is 41.8 Å². The molecule has 0 unspecified atom stereocenters. The van der Waals surface area contributed by atoms with E-state index >= 15 is 0 Å². The standard InChI is InChI=1S/C27H35N7O5S2/c1-4-19-16-39-17(3)14-34(19)15-23(21-10-18(8-9-29-21)33-41(36,37)20-6-7-20)32-26(35)27-30-12-24(40-27)22-11-28-13-25(31-22)38-5-2/h8-13,17,19-20,23H,4-7,14-16H2,1-3H3,(H,29,33)(H,32,35)/t17-,19-,23-/m0/s1. The number of amides is 1. The van der Waals surface area contributed by atoms with Crippen molar-refractivity contribution in [3.63, 3.8) is 0 Å². The molecule has 1 saturated heterocycles. The third kappa shape index (κ3) is 7.36. The second kappa shape index (κ2) is 12.8. The maximum Gasteiger partial charge on any atom is 0.280 e. The fourth-order valence-electron chi connectivity index (χ4n) is 4.69. The predicted molar refractivity (Wildman–Crippen MR) is 155 cm³/mol. The summed E-state index contributed by atoms with van der Waals surface area (Å²) in [5, 5.41) is 3.02. The third-order valence-electron chi connectivity index (χ3n) is 6.99. The Bertz CT molecular complexity index is 1460. The van der Waals surface area contributed by atoms with Crippen molar-refractivity contribution in [2.75, 3.05) is 31.0 Å². The van der Waals surface area contributed by atoms with Gasteiger partial charge in [0.05, 0.1) is 59.3 Å². The maximum absolute atomic E-state index is 13.5. The second-order valence-electron chi connectivity index (χ2n) is 10.2. The number of thiazole rings is 1. The van der Waals surface area contributed by atoms with Gasteiger partial charge < -0.3 is 14.8 Å². The molecule has 2 N–H and O–H groups in total. The van der Waals surface area contributed by atoms with Crippen LogP contribution >= 0.6 is 11.3 Å². The van der Waals surface area contributed by atoms with Gasteiger partial charge in [-0.25, -0.2) is 18.4 Å². The Morgan fingerprint density at radius 1 is 1.24 bits per heavy atom. The largest absolute Gasteiger partial charge is 0.477 e. The molecule has 1 saturated carbocycles. The van der Waals surface area contributed by atoms with E-state index in [-0.39, 0.29) is 28.3 Å². The summed E-state index contributed by atoms with van der Waals surface area (Å²) < 4.78 is 39.1. The van der Waals surface area contributed by atoms with Crippen molar-refractivity contribution in [1.82, 2.24) is 30.2 Å². The van der Waals surface area contributed by atoms with Gasteiger partial charge in [0.25, 0.3) is 5.91 Å². The molecule has 3 atom stereocenters. The van der Waals surface area contributed by atoms with Crippen LogP contribution in [0.2, 0.25) is 0 Å². The van der Waals surface area contributed by atoms with E-state index in [0.717, 1.165) is 6.42 Å². The fraction of sp³-hybridized carbons (Fsp3) is 0.519. The molecule has 1 aliphatic heterocycles. The lowest BCUT2D eigenvalue weighted by molar-refractivity contribution is -0.0584. The van der Waals surface area contributed by atoms with Crippen molar-refractivity contribution in [1.29, 1.82) is 0 Å². The summed E-state index contributed by atoms with van der Waals surface area (Å²) in [5.41, 5.74) is 1.54. The quantitative estimate of drug-likeness (QED) is 0.317. The molecule has 220 valence electrons. The molecule has 3 aromatic rings. The third-order valence-corrected chi connectivity index (χ3v) is 9.88. The number of anilines is 1. The van der Waals surface area contributed by atoms with E-state index in [1.807, 2.05) is 13.8 Å². The zero-order valence-electron chi connectivity index (χ0n) is 23.3. The molecule has 3 aromatic heterocycles. The summed E-state index contributed by atoms with van der Waals surface area (Å²) >= 11 is 1.20. The van der Waals surface area contributed by atoms with Gasteiger partial charge in [-0.1, -0.05) is 6.92 Å². The van der Waals surface area contributed by atoms with Gasteiger partial charge in [0.2, 0.25) is 15.9 Å². The minimum Gasteiger partial charge on any atom is -0.477 e. The van der Waals surface area contributed by atoms with Crippen molar-refractivity contribution in [2.24, 2.45) is 0 Å². The van der Waals surface area contributed by atoms with E-state index in [1.54, 1.807) is 30.7 Å². The van der Waals surface area contributed by atoms with Gasteiger partial charge in [-0.2, -0.15) is 0 Å². The van der Waals surface area contributed by atoms with E-state index < -0.39 is 16.1 Å². The highest BCUT2D eigenvalue weighted by molar-refractivity contribution is 7.93. The van der Waals surface area contributed by atoms with Gasteiger partial charge in [-0.15, -0.1) is 11.3 Å². The van der Waals surface area contributed by atoms with E-state index in [0.29, 0.717) is 67.0 Å². The summed E-state index contributed by atoms with van der Waals surface area (Å²) in [6, 6.07) is 2.97. The average Bonchev–Trinajstić information content (AvgIpc) is 3.71. The number of hydrogen-bond donors (Lipinski definition) is 2. The lowest BCUT2D eigenvalue weighted by Gasteiger charge is -2.40. The van der Waals surface area contributed by atoms with Crippen molar-refractivity contribution in [2.45, 2.75) is 63.5 Å². The topological polar surface area (TPSA) is 149 Å². The molecular weight excluding hydrogens is 566 g/mol. The molecule has 4 heterocycles. The molecule has 14 heteroatoms. The molecule has 1 aliphatic carbocycles. The highest BCUT2D eigenvalue weighted by Gasteiger charge is 2.36. The first kappa shape index (κ1) is 29.3. The first-order valence-corrected chi connectivity index (χ1v) is 16.2. The lowest BCUT2D eigenvalue weighted by Crippen LogP contribution is -2.51. The molecule has 0 aromatic carbocycles. The molecular formula is C27H35N7O5S2. The van der Waals surface area contributed by atoms with E-state index in [9.17, 15) is 13.2 Å². The van der Waals surface area contributed by atoms with Gasteiger partial charge >= 0.3 is 0 Å². The van der Waals surface area contributed by atoms with Crippen LogP contribution in [0.15, 0.2) is 36.9 Å². The SMILES string of the molecule is CCOc1cncc(-c2cnc(C(=O)N[C@@H](CN3C[C@H](C)OC[C@@H]3CC)c3cc(NS(=O)(=O)C4CC4)ccn3)s2)n1. The zero-order valence-corrected chi connectivity index (χ0v) is 25.0. The van der Waals surface area contributed by atoms with Crippen LogP contribution in [0.25, 0.3) is 10.6 Å². The Hall–Kier alpha value is -3.20. The highest BCUT2D eigenvalue weighted by Crippen LogP contribution is 2.31. The maximum atomic E-state index is 13.5. The van der Waals surface area contributed by atoms with Gasteiger partial charge in [0, 0.05) is 31.5 Å². The van der Waals surface area contributed by atoms with Crippen LogP contribution in [0.1, 0.15) is 61.6 Å². The van der Waals surface area contributed by atoms with Crippen LogP contribution in [0.3, 0.4) is 0 Å². The number of ether oxygens (including phenoxy) is 2. The van der Waals surface area contributed by atoms with Crippen LogP contribution in [0.5, 0.6) is 5.88 Å². The summed E-state index contributed by atoms with van der Waals surface area (Å²) in [5.74, 6) is 0.0400. The summed E-state index contributed by atoms with van der Waals surface area (Å²) in [6.07, 6.45) is 8.56. The Balaban J connectivity index is 1.39. The number of nitrogens with zero attached hydrogens (tertiary/aromatic N) is 5. The van der Waals surface area contributed by atoms with Crippen molar-refractivity contribution in [3.05, 3.63) is 47.6 Å². The first-order valence-electron chi connectivity index (χ1n) is 13.8. The smallest absolute Gasteiger partial charge is 0.280 e. The van der Waals surface area contributed by atoms with Crippen LogP contribution in [-0.2, 0) is 14.8 Å². The minimum absolute atomic E-state index is 0.0499. The van der Waals surface area contributed by atoms with E-state index in [4.69, 9.17) is 9.47 Å². The number of morpholine rings is 1. The minimum atomic E-state index is -3.45. The van der Waals surface area contributed by atoms with Gasteiger partial charge in [0.15, 0.2) is 5.01 Å². The van der Waals surface area contributed by atoms with Crippen molar-refractivity contribution in [3.8, 4) is 16.5 Å². The van der Waals surface area contributed by atoms with Crippen molar-refractivity contribution < 1.29 is 22.7 Å². The molecule has 2 aliphatic rings. The normalized spacial score (nSPS) is 20.4. The predicted octanol–water partition coefficient (Wildman–Crippen LogP) is 3.27. The van der Waals surface area contributed by atoms with Gasteiger partial charge in [-0.05, 0) is 45.2 Å². The molecule has 0 spiro atoms. The molecule has 1 amide bonds. The van der Waals surface area contributed by atoms with Crippen LogP contribution in [0.4, 0.5) is 5.69 Å². The second-order valence-corrected chi connectivity index (χ2v) is 13.2. The first-order chi connectivity index (χ1) is 19.8. The van der Waals surface area contributed by atoms with E-state index in [1.165, 1.54) is 17.5 Å². The van der Waals surface area contributed by atoms with Crippen LogP contribution in [0, 0.1) is 0 Å². The lowest BCUT2D eigenvalue weighted by atomic mass is 10.1. The van der Waals surface area contributed by atoms with Gasteiger partial charge in [-0.3, -0.25) is 24.4 Å². The summed E-state index contributed by atoms with van der Waals surface area (Å²) in [7, 11) is -3.45. The molecule has 41 heavy (non-hydrogen) atoms. The summed E-state index contributed by atoms with van der Waals surface area (Å²) in [6.45, 7) is 8.25. The molecule has 12 nitrogen and oxygen atoms in total. The van der Waals surface area contributed by atoms with Crippen LogP contribution < -0.4 is 14.8 Å². The number of hydrogen-bond acceptors (Lipinski definition) is 11. The van der Waals surface area contributed by atoms with Gasteiger partial charge in [0.1, 0.15) is 5.69 Å². The molecule has 5 rings (SSSR count).